The number of hydrogen-bond acceptors (Lipinski definition) is 4. The van der Waals surface area contributed by atoms with Crippen LogP contribution in [-0.4, -0.2) is 28.5 Å². The third-order valence-corrected chi connectivity index (χ3v) is 6.21. The summed E-state index contributed by atoms with van der Waals surface area (Å²) in [6.07, 6.45) is 3.79. The number of fused-ring (bicyclic) bond motifs is 5. The summed E-state index contributed by atoms with van der Waals surface area (Å²) in [6.45, 7) is 1.49. The van der Waals surface area contributed by atoms with Gasteiger partial charge in [-0.2, -0.15) is 0 Å². The zero-order valence-corrected chi connectivity index (χ0v) is 15.8. The molecule has 2 amide bonds. The van der Waals surface area contributed by atoms with Crippen molar-refractivity contribution in [2.24, 2.45) is 11.8 Å². The van der Waals surface area contributed by atoms with E-state index >= 15 is 0 Å². The zero-order valence-electron chi connectivity index (χ0n) is 15.1. The van der Waals surface area contributed by atoms with Gasteiger partial charge in [0.2, 0.25) is 11.8 Å². The Labute approximate surface area is 167 Å². The first kappa shape index (κ1) is 17.2. The van der Waals surface area contributed by atoms with Crippen molar-refractivity contribution in [2.45, 2.75) is 19.0 Å². The Balaban J connectivity index is 1.65. The third kappa shape index (κ3) is 2.23. The fraction of sp³-hybridized carbons (Fsp3) is 0.227. The predicted octanol–water partition coefficient (Wildman–Crippen LogP) is 3.44. The lowest BCUT2D eigenvalue weighted by Crippen LogP contribution is -2.43. The number of Topliss-reactive ketones (excluding diaryl/α,β-unsaturated/α-hetero) is 1. The van der Waals surface area contributed by atoms with Crippen molar-refractivity contribution in [3.8, 4) is 0 Å². The largest absolute Gasteiger partial charge is 0.359 e. The van der Waals surface area contributed by atoms with Gasteiger partial charge in [-0.05, 0) is 48.4 Å². The highest BCUT2D eigenvalue weighted by molar-refractivity contribution is 6.31. The number of carbonyl (C=O) groups is 3. The summed E-state index contributed by atoms with van der Waals surface area (Å²) in [6, 6.07) is 13.5. The number of halogens is 1. The number of anilines is 1. The van der Waals surface area contributed by atoms with Crippen LogP contribution < -0.4 is 4.90 Å². The summed E-state index contributed by atoms with van der Waals surface area (Å²) in [7, 11) is 0. The maximum Gasteiger partial charge on any atom is 0.240 e. The number of ketones is 1. The van der Waals surface area contributed by atoms with Crippen LogP contribution in [0.25, 0.3) is 6.08 Å². The molecule has 2 aromatic rings. The molecule has 0 bridgehead atoms. The number of hydrogen-bond donors (Lipinski definition) is 0. The van der Waals surface area contributed by atoms with Crippen molar-refractivity contribution < 1.29 is 14.4 Å². The third-order valence-electron chi connectivity index (χ3n) is 5.96. The Hall–Kier alpha value is -2.92. The highest BCUT2D eigenvalue weighted by atomic mass is 35.5. The Morgan fingerprint density at radius 3 is 2.36 bits per heavy atom. The van der Waals surface area contributed by atoms with Crippen LogP contribution in [0.4, 0.5) is 5.69 Å². The van der Waals surface area contributed by atoms with Gasteiger partial charge in [-0.1, -0.05) is 35.9 Å². The van der Waals surface area contributed by atoms with Gasteiger partial charge < -0.3 is 4.90 Å². The molecule has 0 aromatic heterocycles. The molecule has 3 aliphatic rings. The first-order chi connectivity index (χ1) is 13.5. The second-order valence-electron chi connectivity index (χ2n) is 7.43. The number of benzene rings is 2. The molecule has 2 fully saturated rings. The minimum atomic E-state index is -0.693. The van der Waals surface area contributed by atoms with Crippen LogP contribution in [0.15, 0.2) is 54.7 Å². The molecule has 2 aromatic carbocycles. The molecule has 0 saturated carbocycles. The van der Waals surface area contributed by atoms with Crippen LogP contribution in [-0.2, 0) is 14.4 Å². The maximum atomic E-state index is 13.4. The van der Waals surface area contributed by atoms with Crippen LogP contribution >= 0.6 is 11.6 Å². The van der Waals surface area contributed by atoms with Gasteiger partial charge in [0.05, 0.1) is 29.6 Å². The monoisotopic (exact) mass is 392 g/mol. The van der Waals surface area contributed by atoms with Gasteiger partial charge in [0.15, 0.2) is 5.78 Å². The Kier molecular flexibility index (Phi) is 3.71. The molecule has 0 unspecified atom stereocenters. The lowest BCUT2D eigenvalue weighted by Gasteiger charge is -2.34. The van der Waals surface area contributed by atoms with Crippen molar-refractivity contribution in [1.82, 2.24) is 4.90 Å². The molecule has 0 aliphatic carbocycles. The van der Waals surface area contributed by atoms with E-state index in [0.717, 1.165) is 11.1 Å². The predicted molar refractivity (Wildman–Crippen MR) is 105 cm³/mol. The zero-order chi connectivity index (χ0) is 19.6. The summed E-state index contributed by atoms with van der Waals surface area (Å²) in [5.74, 6) is -1.98. The maximum absolute atomic E-state index is 13.4. The van der Waals surface area contributed by atoms with Crippen molar-refractivity contribution in [1.29, 1.82) is 0 Å². The van der Waals surface area contributed by atoms with E-state index in [-0.39, 0.29) is 23.6 Å². The average molecular weight is 393 g/mol. The minimum absolute atomic E-state index is 0.111. The van der Waals surface area contributed by atoms with Crippen molar-refractivity contribution in [2.75, 3.05) is 4.90 Å². The van der Waals surface area contributed by atoms with Gasteiger partial charge in [-0.25, -0.2) is 4.90 Å². The van der Waals surface area contributed by atoms with Crippen LogP contribution in [0.2, 0.25) is 5.02 Å². The van der Waals surface area contributed by atoms with Gasteiger partial charge in [-0.3, -0.25) is 14.4 Å². The lowest BCUT2D eigenvalue weighted by atomic mass is 9.84. The quantitative estimate of drug-likeness (QED) is 0.734. The second kappa shape index (κ2) is 6.04. The summed E-state index contributed by atoms with van der Waals surface area (Å²) >= 11 is 5.95. The molecule has 5 nitrogen and oxygen atoms in total. The average Bonchev–Trinajstić information content (AvgIpc) is 3.16. The highest BCUT2D eigenvalue weighted by Crippen LogP contribution is 2.53. The van der Waals surface area contributed by atoms with E-state index in [9.17, 15) is 14.4 Å². The van der Waals surface area contributed by atoms with E-state index in [2.05, 4.69) is 0 Å². The van der Waals surface area contributed by atoms with Gasteiger partial charge in [0.25, 0.3) is 0 Å². The molecule has 2 saturated heterocycles. The number of nitrogens with zero attached hydrogens (tertiary/aromatic N) is 2. The smallest absolute Gasteiger partial charge is 0.240 e. The Morgan fingerprint density at radius 1 is 0.964 bits per heavy atom. The molecule has 3 aliphatic heterocycles. The first-order valence-electron chi connectivity index (χ1n) is 9.17. The van der Waals surface area contributed by atoms with Crippen molar-refractivity contribution in [3.05, 3.63) is 70.9 Å². The van der Waals surface area contributed by atoms with Crippen LogP contribution in [0.3, 0.4) is 0 Å². The lowest BCUT2D eigenvalue weighted by molar-refractivity contribution is -0.129. The van der Waals surface area contributed by atoms with Crippen LogP contribution in [0.1, 0.15) is 24.1 Å². The van der Waals surface area contributed by atoms with Gasteiger partial charge in [0.1, 0.15) is 0 Å². The molecular weight excluding hydrogens is 376 g/mol. The number of imide groups is 1. The fourth-order valence-corrected chi connectivity index (χ4v) is 4.99. The summed E-state index contributed by atoms with van der Waals surface area (Å²) in [5.41, 5.74) is 2.47. The summed E-state index contributed by atoms with van der Waals surface area (Å²) in [5, 5.41) is 0.530. The minimum Gasteiger partial charge on any atom is -0.359 e. The molecule has 140 valence electrons. The molecule has 6 heteroatoms. The van der Waals surface area contributed by atoms with E-state index in [1.807, 2.05) is 41.4 Å². The van der Waals surface area contributed by atoms with Crippen molar-refractivity contribution >= 4 is 41.0 Å². The summed E-state index contributed by atoms with van der Waals surface area (Å²) in [4.78, 5) is 42.4. The normalized spacial score (nSPS) is 27.6. The van der Waals surface area contributed by atoms with E-state index in [1.165, 1.54) is 11.8 Å². The van der Waals surface area contributed by atoms with Gasteiger partial charge in [0, 0.05) is 11.2 Å². The molecule has 3 heterocycles. The fourth-order valence-electron chi connectivity index (χ4n) is 4.87. The molecule has 0 spiro atoms. The molecule has 5 rings (SSSR count). The molecule has 0 radical (unpaired) electrons. The van der Waals surface area contributed by atoms with E-state index in [0.29, 0.717) is 10.7 Å². The number of amides is 2. The molecule has 28 heavy (non-hydrogen) atoms. The number of rotatable bonds is 2. The van der Waals surface area contributed by atoms with E-state index in [4.69, 9.17) is 11.6 Å². The topological polar surface area (TPSA) is 57.7 Å². The molecule has 0 N–H and O–H groups in total. The highest BCUT2D eigenvalue weighted by Gasteiger charge is 2.63. The Morgan fingerprint density at radius 2 is 1.64 bits per heavy atom. The van der Waals surface area contributed by atoms with E-state index < -0.39 is 17.9 Å². The number of carbonyl (C=O) groups excluding carboxylic acids is 3. The van der Waals surface area contributed by atoms with Crippen LogP contribution in [0.5, 0.6) is 0 Å². The van der Waals surface area contributed by atoms with E-state index in [1.54, 1.807) is 24.3 Å². The second-order valence-corrected chi connectivity index (χ2v) is 7.87. The van der Waals surface area contributed by atoms with Crippen LogP contribution in [0, 0.1) is 11.8 Å². The standard InChI is InChI=1S/C22H17ClN2O3/c1-12(26)19-17-18(20-16-5-3-2-4-13(16)10-11-24(19)20)22(28)25(21(17)27)15-8-6-14(23)7-9-15/h2-11,17-20H,1H3/t17-,18-,19-,20+/m1/s1. The molecular formula is C22H17ClN2O3. The Bertz CT molecular complexity index is 1050. The SMILES string of the molecule is CC(=O)[C@@H]1[C@@H]2C(=O)N(c3ccc(Cl)cc3)C(=O)[C@H]2[C@@H]2c3ccccc3C=CN12. The first-order valence-corrected chi connectivity index (χ1v) is 9.55. The van der Waals surface area contributed by atoms with Gasteiger partial charge in [-0.15, -0.1) is 0 Å². The van der Waals surface area contributed by atoms with Gasteiger partial charge >= 0.3 is 0 Å². The summed E-state index contributed by atoms with van der Waals surface area (Å²) < 4.78 is 0. The van der Waals surface area contributed by atoms with Crippen molar-refractivity contribution in [3.63, 3.8) is 0 Å². The molecule has 4 atom stereocenters.